The molecule has 1 N–H and O–H groups in total. The van der Waals surface area contributed by atoms with Gasteiger partial charge >= 0.3 is 0 Å². The summed E-state index contributed by atoms with van der Waals surface area (Å²) in [5, 5.41) is 13.4. The van der Waals surface area contributed by atoms with Gasteiger partial charge in [0, 0.05) is 0 Å². The Morgan fingerprint density at radius 3 is 1.77 bits per heavy atom. The van der Waals surface area contributed by atoms with Crippen molar-refractivity contribution in [2.45, 2.75) is 37.7 Å². The maximum Gasteiger partial charge on any atom is 0.0831 e. The van der Waals surface area contributed by atoms with Gasteiger partial charge in [-0.25, -0.2) is 0 Å². The highest BCUT2D eigenvalue weighted by molar-refractivity contribution is 7.75. The average molecular weight is 310 g/mol. The van der Waals surface area contributed by atoms with Gasteiger partial charge in [-0.1, -0.05) is 91.8 Å². The zero-order valence-electron chi connectivity index (χ0n) is 12.9. The summed E-state index contributed by atoms with van der Waals surface area (Å²) in [6, 6.07) is 21.2. The van der Waals surface area contributed by atoms with Crippen molar-refractivity contribution in [2.75, 3.05) is 0 Å². The topological polar surface area (TPSA) is 20.2 Å². The fraction of sp³-hybridized carbons (Fsp3) is 0.300. The largest absolute Gasteiger partial charge is 0.386 e. The molecule has 2 heteroatoms. The Labute approximate surface area is 134 Å². The highest BCUT2D eigenvalue weighted by atomic mass is 31.1. The van der Waals surface area contributed by atoms with E-state index in [1.807, 2.05) is 0 Å². The third-order valence-corrected chi connectivity index (χ3v) is 6.48. The van der Waals surface area contributed by atoms with Gasteiger partial charge in [0.2, 0.25) is 0 Å². The molecule has 1 aliphatic rings. The zero-order valence-corrected chi connectivity index (χ0v) is 13.8. The number of aliphatic hydroxyl groups is 1. The van der Waals surface area contributed by atoms with Crippen molar-refractivity contribution >= 4 is 18.5 Å². The number of benzene rings is 2. The van der Waals surface area contributed by atoms with Crippen molar-refractivity contribution in [1.82, 2.24) is 0 Å². The van der Waals surface area contributed by atoms with Gasteiger partial charge in [0.1, 0.15) is 0 Å². The van der Waals surface area contributed by atoms with E-state index in [4.69, 9.17) is 0 Å². The van der Waals surface area contributed by atoms with Crippen LogP contribution in [0.5, 0.6) is 0 Å². The van der Waals surface area contributed by atoms with E-state index in [1.54, 1.807) is 0 Å². The van der Waals surface area contributed by atoms with E-state index >= 15 is 0 Å². The molecule has 0 radical (unpaired) electrons. The maximum atomic E-state index is 10.7. The lowest BCUT2D eigenvalue weighted by molar-refractivity contribution is 0.0515. The minimum atomic E-state index is -0.595. The Kier molecular flexibility index (Phi) is 5.08. The lowest BCUT2D eigenvalue weighted by Gasteiger charge is -2.29. The molecule has 0 heterocycles. The van der Waals surface area contributed by atoms with Crippen LogP contribution in [-0.2, 0) is 0 Å². The molecule has 0 spiro atoms. The van der Waals surface area contributed by atoms with Gasteiger partial charge in [-0.05, 0) is 31.4 Å². The molecule has 22 heavy (non-hydrogen) atoms. The Morgan fingerprint density at radius 2 is 1.27 bits per heavy atom. The SMILES string of the molecule is OC1(/C=C\P(c2ccccc2)c2ccccc2)CCCCC1. The molecule has 0 unspecified atom stereocenters. The standard InChI is InChI=1S/C20H23OP/c21-20(14-8-3-9-15-20)16-17-22(18-10-4-1-5-11-18)19-12-6-2-7-13-19/h1-2,4-7,10-13,16-17,21H,3,8-9,14-15H2/b17-16-. The van der Waals surface area contributed by atoms with Gasteiger partial charge in [-0.2, -0.15) is 0 Å². The molecular formula is C20H23OP. The van der Waals surface area contributed by atoms with E-state index < -0.39 is 13.5 Å². The van der Waals surface area contributed by atoms with Crippen molar-refractivity contribution in [3.05, 3.63) is 72.6 Å². The second-order valence-electron chi connectivity index (χ2n) is 6.02. The second-order valence-corrected chi connectivity index (χ2v) is 8.09. The van der Waals surface area contributed by atoms with Gasteiger partial charge in [-0.15, -0.1) is 0 Å². The maximum absolute atomic E-state index is 10.7. The fourth-order valence-electron chi connectivity index (χ4n) is 3.04. The van der Waals surface area contributed by atoms with Crippen molar-refractivity contribution in [3.63, 3.8) is 0 Å². The third-order valence-electron chi connectivity index (χ3n) is 4.32. The number of hydrogen-bond donors (Lipinski definition) is 1. The molecule has 0 aliphatic heterocycles. The van der Waals surface area contributed by atoms with E-state index in [0.29, 0.717) is 0 Å². The molecule has 1 saturated carbocycles. The summed E-state index contributed by atoms with van der Waals surface area (Å²) in [5.41, 5.74) is -0.595. The number of rotatable bonds is 4. The second kappa shape index (κ2) is 7.22. The van der Waals surface area contributed by atoms with Crippen LogP contribution in [0.4, 0.5) is 0 Å². The van der Waals surface area contributed by atoms with Crippen molar-refractivity contribution in [1.29, 1.82) is 0 Å². The molecule has 1 aliphatic carbocycles. The molecule has 0 saturated heterocycles. The quantitative estimate of drug-likeness (QED) is 0.834. The molecule has 1 fully saturated rings. The summed E-state index contributed by atoms with van der Waals surface area (Å²) < 4.78 is 0. The summed E-state index contributed by atoms with van der Waals surface area (Å²) >= 11 is 0. The van der Waals surface area contributed by atoms with E-state index in [2.05, 4.69) is 72.6 Å². The summed E-state index contributed by atoms with van der Waals surface area (Å²) in [6.45, 7) is 0. The van der Waals surface area contributed by atoms with E-state index in [1.165, 1.54) is 17.0 Å². The first kappa shape index (κ1) is 15.5. The monoisotopic (exact) mass is 310 g/mol. The van der Waals surface area contributed by atoms with Crippen LogP contribution in [0, 0.1) is 0 Å². The highest BCUT2D eigenvalue weighted by Gasteiger charge is 2.26. The van der Waals surface area contributed by atoms with E-state index in [9.17, 15) is 5.11 Å². The predicted octanol–water partition coefficient (Wildman–Crippen LogP) is 4.33. The Morgan fingerprint density at radius 1 is 0.773 bits per heavy atom. The average Bonchev–Trinajstić information content (AvgIpc) is 2.58. The Balaban J connectivity index is 1.89. The van der Waals surface area contributed by atoms with Gasteiger partial charge in [0.15, 0.2) is 0 Å². The molecule has 1 nitrogen and oxygen atoms in total. The van der Waals surface area contributed by atoms with Crippen LogP contribution >= 0.6 is 7.92 Å². The van der Waals surface area contributed by atoms with Gasteiger partial charge in [-0.3, -0.25) is 0 Å². The van der Waals surface area contributed by atoms with Crippen LogP contribution < -0.4 is 10.6 Å². The molecule has 0 bridgehead atoms. The molecular weight excluding hydrogens is 287 g/mol. The van der Waals surface area contributed by atoms with Crippen LogP contribution in [-0.4, -0.2) is 10.7 Å². The smallest absolute Gasteiger partial charge is 0.0831 e. The van der Waals surface area contributed by atoms with Crippen LogP contribution in [0.25, 0.3) is 0 Å². The fourth-order valence-corrected chi connectivity index (χ4v) is 5.10. The molecule has 2 aromatic carbocycles. The summed E-state index contributed by atoms with van der Waals surface area (Å²) in [5.74, 6) is 2.26. The predicted molar refractivity (Wildman–Crippen MR) is 96.2 cm³/mol. The van der Waals surface area contributed by atoms with Crippen molar-refractivity contribution in [3.8, 4) is 0 Å². The number of hydrogen-bond acceptors (Lipinski definition) is 1. The first-order chi connectivity index (χ1) is 10.8. The van der Waals surface area contributed by atoms with Crippen molar-refractivity contribution < 1.29 is 5.11 Å². The van der Waals surface area contributed by atoms with Crippen LogP contribution in [0.2, 0.25) is 0 Å². The van der Waals surface area contributed by atoms with E-state index in [-0.39, 0.29) is 0 Å². The zero-order chi connectivity index (χ0) is 15.3. The van der Waals surface area contributed by atoms with Crippen molar-refractivity contribution in [2.24, 2.45) is 0 Å². The Bertz CT molecular complexity index is 561. The first-order valence-electron chi connectivity index (χ1n) is 8.08. The highest BCUT2D eigenvalue weighted by Crippen LogP contribution is 2.38. The van der Waals surface area contributed by atoms with E-state index in [0.717, 1.165) is 25.7 Å². The van der Waals surface area contributed by atoms with Crippen LogP contribution in [0.15, 0.2) is 72.6 Å². The normalized spacial score (nSPS) is 17.9. The van der Waals surface area contributed by atoms with Gasteiger partial charge in [0.05, 0.1) is 5.60 Å². The molecule has 3 rings (SSSR count). The first-order valence-corrected chi connectivity index (χ1v) is 9.49. The summed E-state index contributed by atoms with van der Waals surface area (Å²) in [4.78, 5) is 0. The van der Waals surface area contributed by atoms with Gasteiger partial charge < -0.3 is 5.11 Å². The minimum absolute atomic E-state index is 0.548. The lowest BCUT2D eigenvalue weighted by Crippen LogP contribution is -2.28. The molecule has 0 atom stereocenters. The summed E-state index contributed by atoms with van der Waals surface area (Å²) in [6.07, 6.45) is 7.40. The van der Waals surface area contributed by atoms with Gasteiger partial charge in [0.25, 0.3) is 0 Å². The Hall–Kier alpha value is -1.43. The molecule has 0 amide bonds. The lowest BCUT2D eigenvalue weighted by atomic mass is 9.85. The molecule has 0 aromatic heterocycles. The summed E-state index contributed by atoms with van der Waals surface area (Å²) in [7, 11) is -0.548. The molecule has 2 aromatic rings. The third kappa shape index (κ3) is 3.85. The minimum Gasteiger partial charge on any atom is -0.386 e. The molecule has 114 valence electrons. The van der Waals surface area contributed by atoms with Crippen LogP contribution in [0.3, 0.4) is 0 Å². The van der Waals surface area contributed by atoms with Crippen LogP contribution in [0.1, 0.15) is 32.1 Å².